The van der Waals surface area contributed by atoms with E-state index in [4.69, 9.17) is 9.81 Å². The molecule has 1 N–H and O–H groups in total. The molecule has 0 fully saturated rings. The number of rotatable bonds is 1. The van der Waals surface area contributed by atoms with Gasteiger partial charge in [0.05, 0.1) is 5.56 Å². The lowest BCUT2D eigenvalue weighted by atomic mass is 10.1. The third-order valence-corrected chi connectivity index (χ3v) is 3.18. The van der Waals surface area contributed by atoms with Gasteiger partial charge >= 0.3 is 0 Å². The monoisotopic (exact) mass is 233 g/mol. The van der Waals surface area contributed by atoms with E-state index in [1.165, 1.54) is 6.07 Å². The maximum atomic E-state index is 11.1. The number of fused-ring (bicyclic) bond motifs is 1. The van der Waals surface area contributed by atoms with Crippen molar-refractivity contribution in [1.82, 2.24) is 0 Å². The molecule has 0 aliphatic heterocycles. The minimum atomic E-state index is -4.36. The molecule has 0 saturated carbocycles. The number of benzene rings is 2. The molecule has 2 aromatic rings. The SMILES string of the molecule is N#Cc1c(S(=O)(=O)O)ccc2ccccc12. The zero-order valence-electron chi connectivity index (χ0n) is 8.08. The van der Waals surface area contributed by atoms with Gasteiger partial charge in [-0.15, -0.1) is 0 Å². The molecular weight excluding hydrogens is 226 g/mol. The summed E-state index contributed by atoms with van der Waals surface area (Å²) in [5.74, 6) is 0. The first-order valence-corrected chi connectivity index (χ1v) is 5.87. The Morgan fingerprint density at radius 2 is 1.81 bits per heavy atom. The van der Waals surface area contributed by atoms with Crippen LogP contribution in [0.3, 0.4) is 0 Å². The van der Waals surface area contributed by atoms with E-state index in [1.54, 1.807) is 36.4 Å². The Kier molecular flexibility index (Phi) is 2.38. The Morgan fingerprint density at radius 1 is 1.12 bits per heavy atom. The topological polar surface area (TPSA) is 78.2 Å². The van der Waals surface area contributed by atoms with Crippen molar-refractivity contribution in [2.24, 2.45) is 0 Å². The minimum absolute atomic E-state index is 0.0272. The highest BCUT2D eigenvalue weighted by Crippen LogP contribution is 2.24. The summed E-state index contributed by atoms with van der Waals surface area (Å²) in [6, 6.07) is 11.5. The van der Waals surface area contributed by atoms with Crippen molar-refractivity contribution in [1.29, 1.82) is 5.26 Å². The van der Waals surface area contributed by atoms with Gasteiger partial charge in [0.15, 0.2) is 0 Å². The smallest absolute Gasteiger partial charge is 0.282 e. The van der Waals surface area contributed by atoms with Crippen molar-refractivity contribution < 1.29 is 13.0 Å². The van der Waals surface area contributed by atoms with Gasteiger partial charge in [-0.1, -0.05) is 30.3 Å². The molecular formula is C11H7NO3S. The Labute approximate surface area is 92.5 Å². The quantitative estimate of drug-likeness (QED) is 0.763. The number of hydrogen-bond donors (Lipinski definition) is 1. The van der Waals surface area contributed by atoms with Gasteiger partial charge in [-0.3, -0.25) is 4.55 Å². The summed E-state index contributed by atoms with van der Waals surface area (Å²) < 4.78 is 31.1. The van der Waals surface area contributed by atoms with E-state index in [0.717, 1.165) is 5.39 Å². The van der Waals surface area contributed by atoms with Crippen LogP contribution in [0.25, 0.3) is 10.8 Å². The number of nitrogens with zero attached hydrogens (tertiary/aromatic N) is 1. The molecule has 4 nitrogen and oxygen atoms in total. The van der Waals surface area contributed by atoms with Gasteiger partial charge in [-0.25, -0.2) is 0 Å². The summed E-state index contributed by atoms with van der Waals surface area (Å²) in [5.41, 5.74) is -0.0272. The van der Waals surface area contributed by atoms with Gasteiger partial charge < -0.3 is 0 Å². The second-order valence-electron chi connectivity index (χ2n) is 3.25. The van der Waals surface area contributed by atoms with E-state index in [2.05, 4.69) is 0 Å². The molecule has 0 aliphatic carbocycles. The molecule has 0 amide bonds. The molecule has 0 radical (unpaired) electrons. The molecule has 0 saturated heterocycles. The summed E-state index contributed by atoms with van der Waals surface area (Å²) in [6.45, 7) is 0. The first-order valence-electron chi connectivity index (χ1n) is 4.43. The van der Waals surface area contributed by atoms with E-state index in [1.807, 2.05) is 0 Å². The maximum absolute atomic E-state index is 11.1. The van der Waals surface area contributed by atoms with Gasteiger partial charge in [-0.2, -0.15) is 13.7 Å². The lowest BCUT2D eigenvalue weighted by Gasteiger charge is -2.04. The Hall–Kier alpha value is -1.90. The van der Waals surface area contributed by atoms with Crippen LogP contribution >= 0.6 is 0 Å². The van der Waals surface area contributed by atoms with Crippen molar-refractivity contribution in [2.45, 2.75) is 4.90 Å². The molecule has 0 atom stereocenters. The number of hydrogen-bond acceptors (Lipinski definition) is 3. The summed E-state index contributed by atoms with van der Waals surface area (Å²) in [7, 11) is -4.36. The van der Waals surface area contributed by atoms with E-state index < -0.39 is 10.1 Å². The average molecular weight is 233 g/mol. The van der Waals surface area contributed by atoms with Crippen LogP contribution in [0.15, 0.2) is 41.3 Å². The average Bonchev–Trinajstić information content (AvgIpc) is 2.26. The predicted molar refractivity (Wildman–Crippen MR) is 58.5 cm³/mol. The van der Waals surface area contributed by atoms with Crippen molar-refractivity contribution in [3.05, 3.63) is 42.0 Å². The van der Waals surface area contributed by atoms with Crippen molar-refractivity contribution in [2.75, 3.05) is 0 Å². The first-order chi connectivity index (χ1) is 7.54. The van der Waals surface area contributed by atoms with Crippen molar-refractivity contribution in [3.63, 3.8) is 0 Å². The van der Waals surface area contributed by atoms with Crippen molar-refractivity contribution in [3.8, 4) is 6.07 Å². The largest absolute Gasteiger partial charge is 0.295 e. The van der Waals surface area contributed by atoms with Gasteiger partial charge in [-0.05, 0) is 11.5 Å². The van der Waals surface area contributed by atoms with Crippen LogP contribution in [0.5, 0.6) is 0 Å². The van der Waals surface area contributed by atoms with E-state index in [9.17, 15) is 8.42 Å². The fourth-order valence-corrected chi connectivity index (χ4v) is 2.24. The van der Waals surface area contributed by atoms with Crippen LogP contribution < -0.4 is 0 Å². The molecule has 80 valence electrons. The summed E-state index contributed by atoms with van der Waals surface area (Å²) in [6.07, 6.45) is 0. The summed E-state index contributed by atoms with van der Waals surface area (Å²) in [5, 5.41) is 10.2. The maximum Gasteiger partial charge on any atom is 0.295 e. The molecule has 0 spiro atoms. The molecule has 2 rings (SSSR count). The lowest BCUT2D eigenvalue weighted by molar-refractivity contribution is 0.483. The highest BCUT2D eigenvalue weighted by molar-refractivity contribution is 7.86. The standard InChI is InChI=1S/C11H7NO3S/c12-7-10-9-4-2-1-3-8(9)5-6-11(10)16(13,14)15/h1-6H,(H,13,14,15). The Balaban J connectivity index is 2.96. The first kappa shape index (κ1) is 10.6. The molecule has 5 heteroatoms. The number of nitriles is 1. The highest BCUT2D eigenvalue weighted by atomic mass is 32.2. The minimum Gasteiger partial charge on any atom is -0.282 e. The lowest BCUT2D eigenvalue weighted by Crippen LogP contribution is -2.01. The van der Waals surface area contributed by atoms with Gasteiger partial charge in [0.2, 0.25) is 0 Å². The second kappa shape index (κ2) is 3.59. The zero-order chi connectivity index (χ0) is 11.8. The molecule has 0 aliphatic rings. The summed E-state index contributed by atoms with van der Waals surface area (Å²) in [4.78, 5) is -0.353. The second-order valence-corrected chi connectivity index (χ2v) is 4.64. The van der Waals surface area contributed by atoms with Crippen LogP contribution in [0.1, 0.15) is 5.56 Å². The Bertz CT molecular complexity index is 699. The highest BCUT2D eigenvalue weighted by Gasteiger charge is 2.17. The molecule has 0 aromatic heterocycles. The fraction of sp³-hybridized carbons (Fsp3) is 0. The Morgan fingerprint density at radius 3 is 2.44 bits per heavy atom. The third kappa shape index (κ3) is 1.65. The van der Waals surface area contributed by atoms with Crippen LogP contribution in [0, 0.1) is 11.3 Å². The van der Waals surface area contributed by atoms with Crippen LogP contribution in [-0.2, 0) is 10.1 Å². The zero-order valence-corrected chi connectivity index (χ0v) is 8.90. The summed E-state index contributed by atoms with van der Waals surface area (Å²) >= 11 is 0. The molecule has 0 bridgehead atoms. The van der Waals surface area contributed by atoms with E-state index >= 15 is 0 Å². The molecule has 0 unspecified atom stereocenters. The normalized spacial score (nSPS) is 11.2. The predicted octanol–water partition coefficient (Wildman–Crippen LogP) is 1.96. The van der Waals surface area contributed by atoms with Gasteiger partial charge in [0.25, 0.3) is 10.1 Å². The van der Waals surface area contributed by atoms with E-state index in [0.29, 0.717) is 5.39 Å². The van der Waals surface area contributed by atoms with Gasteiger partial charge in [0.1, 0.15) is 11.0 Å². The van der Waals surface area contributed by atoms with Crippen LogP contribution in [-0.4, -0.2) is 13.0 Å². The van der Waals surface area contributed by atoms with Crippen molar-refractivity contribution >= 4 is 20.9 Å². The van der Waals surface area contributed by atoms with E-state index in [-0.39, 0.29) is 10.5 Å². The van der Waals surface area contributed by atoms with Crippen LogP contribution in [0.4, 0.5) is 0 Å². The van der Waals surface area contributed by atoms with Crippen LogP contribution in [0.2, 0.25) is 0 Å². The van der Waals surface area contributed by atoms with Gasteiger partial charge in [0, 0.05) is 5.39 Å². The molecule has 2 aromatic carbocycles. The third-order valence-electron chi connectivity index (χ3n) is 2.28. The molecule has 0 heterocycles. The molecule has 16 heavy (non-hydrogen) atoms. The fourth-order valence-electron chi connectivity index (χ4n) is 1.58.